The third-order valence-electron chi connectivity index (χ3n) is 4.74. The Kier molecular flexibility index (Phi) is 4.06. The van der Waals surface area contributed by atoms with E-state index >= 15 is 0 Å². The SMILES string of the molecule is CCn1c2ccccc2c2cc(NCc3ccc(OC)cc3)ccc21. The lowest BCUT2D eigenvalue weighted by molar-refractivity contribution is 0.414. The van der Waals surface area contributed by atoms with Crippen molar-refractivity contribution in [2.75, 3.05) is 12.4 Å². The summed E-state index contributed by atoms with van der Waals surface area (Å²) < 4.78 is 7.58. The molecular formula is C22H22N2O. The van der Waals surface area contributed by atoms with Gasteiger partial charge in [-0.3, -0.25) is 0 Å². The number of para-hydroxylation sites is 1. The van der Waals surface area contributed by atoms with Gasteiger partial charge in [0.15, 0.2) is 0 Å². The van der Waals surface area contributed by atoms with E-state index in [0.29, 0.717) is 0 Å². The van der Waals surface area contributed by atoms with Gasteiger partial charge in [-0.25, -0.2) is 0 Å². The fourth-order valence-corrected chi connectivity index (χ4v) is 3.45. The highest BCUT2D eigenvalue weighted by atomic mass is 16.5. The molecule has 0 radical (unpaired) electrons. The largest absolute Gasteiger partial charge is 0.497 e. The van der Waals surface area contributed by atoms with Gasteiger partial charge >= 0.3 is 0 Å². The minimum absolute atomic E-state index is 0.794. The quantitative estimate of drug-likeness (QED) is 0.528. The number of ether oxygens (including phenoxy) is 1. The molecule has 3 nitrogen and oxygen atoms in total. The summed E-state index contributed by atoms with van der Waals surface area (Å²) >= 11 is 0. The summed E-state index contributed by atoms with van der Waals surface area (Å²) in [5, 5.41) is 6.15. The van der Waals surface area contributed by atoms with Crippen molar-refractivity contribution in [3.63, 3.8) is 0 Å². The Hall–Kier alpha value is -2.94. The van der Waals surface area contributed by atoms with Crippen molar-refractivity contribution in [2.24, 2.45) is 0 Å². The van der Waals surface area contributed by atoms with Crippen molar-refractivity contribution in [2.45, 2.75) is 20.0 Å². The fourth-order valence-electron chi connectivity index (χ4n) is 3.45. The highest BCUT2D eigenvalue weighted by molar-refractivity contribution is 6.09. The highest BCUT2D eigenvalue weighted by Gasteiger charge is 2.09. The molecule has 126 valence electrons. The number of nitrogens with zero attached hydrogens (tertiary/aromatic N) is 1. The molecule has 0 fully saturated rings. The van der Waals surface area contributed by atoms with Crippen molar-refractivity contribution in [1.29, 1.82) is 0 Å². The number of fused-ring (bicyclic) bond motifs is 3. The Morgan fingerprint density at radius 2 is 1.64 bits per heavy atom. The number of aromatic nitrogens is 1. The molecule has 0 bridgehead atoms. The van der Waals surface area contributed by atoms with E-state index < -0.39 is 0 Å². The minimum atomic E-state index is 0.794. The first-order chi connectivity index (χ1) is 12.3. The second-order valence-corrected chi connectivity index (χ2v) is 6.19. The van der Waals surface area contributed by atoms with E-state index in [2.05, 4.69) is 71.4 Å². The summed E-state index contributed by atoms with van der Waals surface area (Å²) in [7, 11) is 1.69. The average molecular weight is 330 g/mol. The third kappa shape index (κ3) is 2.82. The van der Waals surface area contributed by atoms with Crippen molar-refractivity contribution >= 4 is 27.5 Å². The van der Waals surface area contributed by atoms with Crippen LogP contribution in [-0.2, 0) is 13.1 Å². The fraction of sp³-hybridized carbons (Fsp3) is 0.182. The second-order valence-electron chi connectivity index (χ2n) is 6.19. The molecule has 1 aromatic heterocycles. The maximum Gasteiger partial charge on any atom is 0.118 e. The maximum atomic E-state index is 5.21. The predicted octanol–water partition coefficient (Wildman–Crippen LogP) is 5.44. The predicted molar refractivity (Wildman–Crippen MR) is 105 cm³/mol. The first-order valence-electron chi connectivity index (χ1n) is 8.68. The lowest BCUT2D eigenvalue weighted by Crippen LogP contribution is -1.99. The van der Waals surface area contributed by atoms with Gasteiger partial charge in [-0.05, 0) is 48.9 Å². The number of hydrogen-bond acceptors (Lipinski definition) is 2. The van der Waals surface area contributed by atoms with E-state index in [1.54, 1.807) is 7.11 Å². The molecule has 0 aliphatic heterocycles. The number of hydrogen-bond donors (Lipinski definition) is 1. The van der Waals surface area contributed by atoms with Crippen LogP contribution in [0, 0.1) is 0 Å². The number of methoxy groups -OCH3 is 1. The van der Waals surface area contributed by atoms with Gasteiger partial charge in [-0.1, -0.05) is 30.3 Å². The van der Waals surface area contributed by atoms with Crippen LogP contribution in [0.5, 0.6) is 5.75 Å². The van der Waals surface area contributed by atoms with Gasteiger partial charge in [0.25, 0.3) is 0 Å². The van der Waals surface area contributed by atoms with Crippen molar-refractivity contribution in [1.82, 2.24) is 4.57 Å². The molecule has 0 spiro atoms. The molecule has 1 heterocycles. The Bertz CT molecular complexity index is 1020. The smallest absolute Gasteiger partial charge is 0.118 e. The Morgan fingerprint density at radius 1 is 0.880 bits per heavy atom. The number of rotatable bonds is 5. The summed E-state index contributed by atoms with van der Waals surface area (Å²) in [6.45, 7) is 3.96. The van der Waals surface area contributed by atoms with Crippen LogP contribution in [0.4, 0.5) is 5.69 Å². The number of nitrogens with one attached hydrogen (secondary N) is 1. The molecule has 1 N–H and O–H groups in total. The third-order valence-corrected chi connectivity index (χ3v) is 4.74. The molecule has 3 heteroatoms. The summed E-state index contributed by atoms with van der Waals surface area (Å²) in [5.74, 6) is 0.887. The van der Waals surface area contributed by atoms with E-state index in [9.17, 15) is 0 Å². The summed E-state index contributed by atoms with van der Waals surface area (Å²) in [6, 6.07) is 23.4. The second kappa shape index (κ2) is 6.52. The molecule has 0 atom stereocenters. The van der Waals surface area contributed by atoms with Crippen LogP contribution in [0.3, 0.4) is 0 Å². The molecule has 0 saturated carbocycles. The van der Waals surface area contributed by atoms with Crippen LogP contribution >= 0.6 is 0 Å². The van der Waals surface area contributed by atoms with Crippen LogP contribution in [-0.4, -0.2) is 11.7 Å². The maximum absolute atomic E-state index is 5.21. The van der Waals surface area contributed by atoms with E-state index in [0.717, 1.165) is 24.5 Å². The molecule has 4 aromatic rings. The Labute approximate surface area is 147 Å². The van der Waals surface area contributed by atoms with Crippen molar-refractivity contribution in [3.8, 4) is 5.75 Å². The zero-order chi connectivity index (χ0) is 17.2. The van der Waals surface area contributed by atoms with Gasteiger partial charge in [0, 0.05) is 40.6 Å². The molecule has 0 amide bonds. The van der Waals surface area contributed by atoms with Crippen molar-refractivity contribution < 1.29 is 4.74 Å². The molecule has 0 aliphatic carbocycles. The molecule has 3 aromatic carbocycles. The number of anilines is 1. The summed E-state index contributed by atoms with van der Waals surface area (Å²) in [5.41, 5.74) is 4.96. The van der Waals surface area contributed by atoms with Gasteiger partial charge in [0.2, 0.25) is 0 Å². The lowest BCUT2D eigenvalue weighted by Gasteiger charge is -2.08. The monoisotopic (exact) mass is 330 g/mol. The van der Waals surface area contributed by atoms with E-state index in [-0.39, 0.29) is 0 Å². The van der Waals surface area contributed by atoms with E-state index in [1.165, 1.54) is 27.4 Å². The van der Waals surface area contributed by atoms with Crippen LogP contribution in [0.1, 0.15) is 12.5 Å². The lowest BCUT2D eigenvalue weighted by atomic mass is 10.1. The molecule has 0 unspecified atom stereocenters. The van der Waals surface area contributed by atoms with Gasteiger partial charge in [-0.2, -0.15) is 0 Å². The highest BCUT2D eigenvalue weighted by Crippen LogP contribution is 2.31. The normalized spacial score (nSPS) is 11.1. The van der Waals surface area contributed by atoms with Crippen LogP contribution in [0.25, 0.3) is 21.8 Å². The zero-order valence-corrected chi connectivity index (χ0v) is 14.6. The van der Waals surface area contributed by atoms with Crippen LogP contribution in [0.15, 0.2) is 66.7 Å². The first kappa shape index (κ1) is 15.6. The number of aryl methyl sites for hydroxylation is 1. The average Bonchev–Trinajstić information content (AvgIpc) is 3.00. The standard InChI is InChI=1S/C22H22N2O/c1-3-24-21-7-5-4-6-19(21)20-14-17(10-13-22(20)24)23-15-16-8-11-18(25-2)12-9-16/h4-14,23H,3,15H2,1-2H3. The molecule has 25 heavy (non-hydrogen) atoms. The van der Waals surface area contributed by atoms with Crippen LogP contribution in [0.2, 0.25) is 0 Å². The van der Waals surface area contributed by atoms with E-state index in [1.807, 2.05) is 12.1 Å². The van der Waals surface area contributed by atoms with Gasteiger partial charge < -0.3 is 14.6 Å². The minimum Gasteiger partial charge on any atom is -0.497 e. The first-order valence-corrected chi connectivity index (χ1v) is 8.68. The number of benzene rings is 3. The van der Waals surface area contributed by atoms with Crippen molar-refractivity contribution in [3.05, 3.63) is 72.3 Å². The topological polar surface area (TPSA) is 26.2 Å². The van der Waals surface area contributed by atoms with Gasteiger partial charge in [0.1, 0.15) is 5.75 Å². The Morgan fingerprint density at radius 3 is 2.40 bits per heavy atom. The molecule has 0 saturated heterocycles. The summed E-state index contributed by atoms with van der Waals surface area (Å²) in [6.07, 6.45) is 0. The molecule has 0 aliphatic rings. The van der Waals surface area contributed by atoms with Gasteiger partial charge in [0.05, 0.1) is 7.11 Å². The Balaban J connectivity index is 1.65. The van der Waals surface area contributed by atoms with E-state index in [4.69, 9.17) is 4.74 Å². The molecule has 4 rings (SSSR count). The summed E-state index contributed by atoms with van der Waals surface area (Å²) in [4.78, 5) is 0. The zero-order valence-electron chi connectivity index (χ0n) is 14.6. The molecular weight excluding hydrogens is 308 g/mol. The van der Waals surface area contributed by atoms with Gasteiger partial charge in [-0.15, -0.1) is 0 Å². The van der Waals surface area contributed by atoms with Crippen LogP contribution < -0.4 is 10.1 Å².